The number of aliphatic hydroxyl groups is 1. The van der Waals surface area contributed by atoms with E-state index >= 15 is 0 Å². The zero-order valence-corrected chi connectivity index (χ0v) is 62.7. The van der Waals surface area contributed by atoms with Crippen LogP contribution < -0.4 is 0 Å². The molecule has 0 heterocycles. The van der Waals surface area contributed by atoms with Crippen molar-refractivity contribution in [1.82, 2.24) is 0 Å². The van der Waals surface area contributed by atoms with Gasteiger partial charge in [0.25, 0.3) is 0 Å². The molecule has 0 aromatic rings. The molecule has 0 aliphatic carbocycles. The minimum atomic E-state index is -5.00. The van der Waals surface area contributed by atoms with Crippen LogP contribution >= 0.6 is 15.6 Å². The van der Waals surface area contributed by atoms with Crippen LogP contribution in [0.5, 0.6) is 0 Å². The van der Waals surface area contributed by atoms with Gasteiger partial charge in [0.15, 0.2) is 12.2 Å². The maximum atomic E-state index is 13.1. The summed E-state index contributed by atoms with van der Waals surface area (Å²) < 4.78 is 68.2. The number of ether oxygens (including phenoxy) is 4. The van der Waals surface area contributed by atoms with E-state index in [1.807, 2.05) is 30.4 Å². The minimum absolute atomic E-state index is 0.0673. The zero-order chi connectivity index (χ0) is 71.8. The molecule has 0 aliphatic rings. The molecule has 3 N–H and O–H groups in total. The first-order valence-electron chi connectivity index (χ1n) is 37.4. The first-order valence-corrected chi connectivity index (χ1v) is 40.4. The number of allylic oxidation sites excluding steroid dienone is 21. The molecule has 0 amide bonds. The van der Waals surface area contributed by atoms with Gasteiger partial charge in [0, 0.05) is 19.3 Å². The molecule has 17 nitrogen and oxygen atoms in total. The van der Waals surface area contributed by atoms with Crippen molar-refractivity contribution in [3.8, 4) is 0 Å². The van der Waals surface area contributed by atoms with Crippen LogP contribution in [0, 0.1) is 0 Å². The van der Waals surface area contributed by atoms with Crippen LogP contribution in [0.15, 0.2) is 134 Å². The van der Waals surface area contributed by atoms with Crippen molar-refractivity contribution in [2.75, 3.05) is 39.6 Å². The third-order valence-electron chi connectivity index (χ3n) is 15.1. The Kier molecular flexibility index (Phi) is 67.2. The molecule has 0 aliphatic heterocycles. The van der Waals surface area contributed by atoms with E-state index < -0.39 is 97.5 Å². The molecule has 98 heavy (non-hydrogen) atoms. The molecule has 5 atom stereocenters. The second kappa shape index (κ2) is 70.6. The molecule has 0 bridgehead atoms. The molecule has 0 aromatic heterocycles. The number of rotatable bonds is 69. The van der Waals surface area contributed by atoms with Crippen LogP contribution in [0.3, 0.4) is 0 Å². The Balaban J connectivity index is 5.44. The monoisotopic (exact) mass is 1410 g/mol. The molecule has 0 spiro atoms. The average Bonchev–Trinajstić information content (AvgIpc) is 0.986. The number of unbranched alkanes of at least 4 members (excludes halogenated alkanes) is 22. The number of phosphoric ester groups is 2. The van der Waals surface area contributed by atoms with E-state index in [9.17, 15) is 43.2 Å². The fourth-order valence-electron chi connectivity index (χ4n) is 9.49. The summed E-state index contributed by atoms with van der Waals surface area (Å²) in [5.41, 5.74) is 0. The van der Waals surface area contributed by atoms with Gasteiger partial charge in [-0.05, 0) is 109 Å². The largest absolute Gasteiger partial charge is 0.472 e. The number of hydrogen-bond acceptors (Lipinski definition) is 15. The van der Waals surface area contributed by atoms with Gasteiger partial charge in [-0.25, -0.2) is 9.13 Å². The van der Waals surface area contributed by atoms with E-state index in [2.05, 4.69) is 125 Å². The van der Waals surface area contributed by atoms with Crippen LogP contribution in [0.2, 0.25) is 0 Å². The number of esters is 4. The lowest BCUT2D eigenvalue weighted by molar-refractivity contribution is -0.161. The minimum Gasteiger partial charge on any atom is -0.462 e. The molecule has 19 heteroatoms. The van der Waals surface area contributed by atoms with Crippen molar-refractivity contribution in [2.24, 2.45) is 0 Å². The summed E-state index contributed by atoms with van der Waals surface area (Å²) in [6.07, 6.45) is 77.8. The molecule has 560 valence electrons. The van der Waals surface area contributed by atoms with E-state index in [1.165, 1.54) is 77.0 Å². The SMILES string of the molecule is CC/C=C\C/C=C\C/C=C\C/C=C\C/C=C\CCCC(=O)OCC(COP(=O)(O)OCC(O)COP(=O)(O)OCC(COC(=O)C/C=C\C/C=C\C/C=C\C/C=C\C/C=C\CC)OC(=O)CCCCCCCCCCCCCCCCC)OC(=O)CCCCCCC/C=C\CCCC. The van der Waals surface area contributed by atoms with Crippen molar-refractivity contribution in [1.29, 1.82) is 0 Å². The quantitative estimate of drug-likeness (QED) is 0.0169. The Labute approximate surface area is 593 Å². The second-order valence-electron chi connectivity index (χ2n) is 24.5. The molecular weight excluding hydrogens is 1280 g/mol. The van der Waals surface area contributed by atoms with Crippen molar-refractivity contribution < 1.29 is 80.2 Å². The molecule has 0 aromatic carbocycles. The van der Waals surface area contributed by atoms with Gasteiger partial charge in [-0.15, -0.1) is 0 Å². The average molecular weight is 1420 g/mol. The number of carbonyl (C=O) groups is 4. The van der Waals surface area contributed by atoms with Gasteiger partial charge in [0.05, 0.1) is 32.8 Å². The molecule has 5 unspecified atom stereocenters. The predicted octanol–water partition coefficient (Wildman–Crippen LogP) is 21.3. The van der Waals surface area contributed by atoms with Gasteiger partial charge in [-0.2, -0.15) is 0 Å². The summed E-state index contributed by atoms with van der Waals surface area (Å²) in [5.74, 6) is -2.40. The molecular formula is C79H132O17P2. The molecule has 0 saturated heterocycles. The highest BCUT2D eigenvalue weighted by Crippen LogP contribution is 2.45. The van der Waals surface area contributed by atoms with Crippen LogP contribution in [0.25, 0.3) is 0 Å². The lowest BCUT2D eigenvalue weighted by Gasteiger charge is -2.21. The van der Waals surface area contributed by atoms with Gasteiger partial charge in [-0.3, -0.25) is 37.3 Å². The van der Waals surface area contributed by atoms with Crippen LogP contribution in [-0.2, 0) is 65.4 Å². The third kappa shape index (κ3) is 69.7. The summed E-state index contributed by atoms with van der Waals surface area (Å²) in [7, 11) is -9.99. The maximum Gasteiger partial charge on any atom is 0.472 e. The van der Waals surface area contributed by atoms with E-state index in [0.717, 1.165) is 122 Å². The maximum absolute atomic E-state index is 13.1. The number of aliphatic hydroxyl groups excluding tert-OH is 1. The lowest BCUT2D eigenvalue weighted by Crippen LogP contribution is -2.30. The first kappa shape index (κ1) is 93.2. The van der Waals surface area contributed by atoms with Gasteiger partial charge in [-0.1, -0.05) is 283 Å². The molecule has 0 rings (SSSR count). The second-order valence-corrected chi connectivity index (χ2v) is 27.4. The van der Waals surface area contributed by atoms with Crippen molar-refractivity contribution >= 4 is 39.5 Å². The summed E-state index contributed by atoms with van der Waals surface area (Å²) in [6, 6.07) is 0. The smallest absolute Gasteiger partial charge is 0.462 e. The zero-order valence-electron chi connectivity index (χ0n) is 60.9. The molecule has 0 radical (unpaired) electrons. The number of hydrogen-bond donors (Lipinski definition) is 3. The standard InChI is InChI=1S/C79H132O17P2/c1-5-9-13-17-21-25-29-32-35-36-39-41-45-48-52-56-60-64-77(82)89-69-74(95-78(83)65-61-57-53-49-43-28-24-20-16-12-8-4)71-93-97(85,86)91-67-73(80)68-92-98(87,88)94-72-75(96-79(84)66-62-58-54-50-46-42-38-34-31-27-23-19-15-11-7-3)70-90-76(81)63-59-55-51-47-44-40-37-33-30-26-22-18-14-10-6-2/h9-10,13-14,20-22,24-26,32-33,35,37,39,41,44,47-48,52,55,59,73-75,80H,5-8,11-12,15-19,23,27-31,34,36,38,40,42-43,45-46,49-51,53-54,56-58,60-72H2,1-4H3,(H,85,86)(H,87,88)/b13-9-,14-10-,24-20-,25-21-,26-22-,35-32-,37-33-,41-39-,47-44-,52-48-,59-55-. The Morgan fingerprint density at radius 1 is 0.306 bits per heavy atom. The van der Waals surface area contributed by atoms with E-state index in [4.69, 9.17) is 37.0 Å². The predicted molar refractivity (Wildman–Crippen MR) is 399 cm³/mol. The van der Waals surface area contributed by atoms with Crippen LogP contribution in [0.1, 0.15) is 285 Å². The van der Waals surface area contributed by atoms with Gasteiger partial charge in [0.1, 0.15) is 19.3 Å². The van der Waals surface area contributed by atoms with Gasteiger partial charge >= 0.3 is 39.5 Å². The van der Waals surface area contributed by atoms with E-state index in [-0.39, 0.29) is 25.7 Å². The topological polar surface area (TPSA) is 237 Å². The Hall–Kier alpha value is -4.80. The summed E-state index contributed by atoms with van der Waals surface area (Å²) in [4.78, 5) is 72.7. The molecule has 0 fully saturated rings. The summed E-state index contributed by atoms with van der Waals surface area (Å²) in [6.45, 7) is 4.41. The van der Waals surface area contributed by atoms with Crippen molar-refractivity contribution in [2.45, 2.75) is 303 Å². The highest BCUT2D eigenvalue weighted by Gasteiger charge is 2.30. The number of carbonyl (C=O) groups excluding carboxylic acids is 4. The Bertz CT molecular complexity index is 2380. The third-order valence-corrected chi connectivity index (χ3v) is 17.0. The fraction of sp³-hybridized carbons (Fsp3) is 0.671. The molecule has 0 saturated carbocycles. The Morgan fingerprint density at radius 3 is 0.980 bits per heavy atom. The van der Waals surface area contributed by atoms with E-state index in [0.29, 0.717) is 32.1 Å². The summed E-state index contributed by atoms with van der Waals surface area (Å²) in [5, 5.41) is 10.6. The first-order chi connectivity index (χ1) is 47.7. The van der Waals surface area contributed by atoms with Crippen LogP contribution in [0.4, 0.5) is 0 Å². The Morgan fingerprint density at radius 2 is 0.592 bits per heavy atom. The lowest BCUT2D eigenvalue weighted by atomic mass is 10.0. The van der Waals surface area contributed by atoms with Gasteiger partial charge < -0.3 is 33.8 Å². The number of phosphoric acid groups is 2. The van der Waals surface area contributed by atoms with Crippen molar-refractivity contribution in [3.05, 3.63) is 134 Å². The van der Waals surface area contributed by atoms with E-state index in [1.54, 1.807) is 6.08 Å². The van der Waals surface area contributed by atoms with Crippen LogP contribution in [-0.4, -0.2) is 96.7 Å². The van der Waals surface area contributed by atoms with Gasteiger partial charge in [0.2, 0.25) is 0 Å². The van der Waals surface area contributed by atoms with Crippen molar-refractivity contribution in [3.63, 3.8) is 0 Å². The normalized spacial score (nSPS) is 14.7. The highest BCUT2D eigenvalue weighted by molar-refractivity contribution is 7.47. The fourth-order valence-corrected chi connectivity index (χ4v) is 11.1. The highest BCUT2D eigenvalue weighted by atomic mass is 31.2. The summed E-state index contributed by atoms with van der Waals surface area (Å²) >= 11 is 0.